The Morgan fingerprint density at radius 1 is 1.11 bits per heavy atom. The smallest absolute Gasteiger partial charge is 0.251 e. The molecular formula is C23H28N2O3. The maximum absolute atomic E-state index is 12.7. The van der Waals surface area contributed by atoms with Gasteiger partial charge in [-0.3, -0.25) is 9.59 Å². The first-order valence-corrected chi connectivity index (χ1v) is 9.87. The van der Waals surface area contributed by atoms with Crippen LogP contribution in [0.15, 0.2) is 42.5 Å². The fourth-order valence-electron chi connectivity index (χ4n) is 3.61. The van der Waals surface area contributed by atoms with Gasteiger partial charge in [0.25, 0.3) is 5.91 Å². The number of aryl methyl sites for hydroxylation is 2. The molecule has 1 saturated heterocycles. The summed E-state index contributed by atoms with van der Waals surface area (Å²) in [6.07, 6.45) is 1.90. The van der Waals surface area contributed by atoms with E-state index >= 15 is 0 Å². The minimum atomic E-state index is -0.215. The molecule has 1 heterocycles. The molecule has 5 nitrogen and oxygen atoms in total. The van der Waals surface area contributed by atoms with E-state index < -0.39 is 0 Å². The Morgan fingerprint density at radius 2 is 1.86 bits per heavy atom. The molecule has 0 aliphatic carbocycles. The molecule has 3 rings (SSSR count). The van der Waals surface area contributed by atoms with Crippen molar-refractivity contribution < 1.29 is 14.3 Å². The third-order valence-electron chi connectivity index (χ3n) is 5.32. The van der Waals surface area contributed by atoms with E-state index in [0.717, 1.165) is 41.8 Å². The normalized spacial score (nSPS) is 16.1. The summed E-state index contributed by atoms with van der Waals surface area (Å²) < 4.78 is 5.49. The first-order chi connectivity index (χ1) is 13.5. The molecule has 0 saturated carbocycles. The van der Waals surface area contributed by atoms with Crippen LogP contribution in [0.3, 0.4) is 0 Å². The molecule has 2 aromatic rings. The van der Waals surface area contributed by atoms with Gasteiger partial charge < -0.3 is 15.0 Å². The van der Waals surface area contributed by atoms with Crippen molar-refractivity contribution in [3.05, 3.63) is 64.7 Å². The van der Waals surface area contributed by atoms with Crippen LogP contribution in [0.4, 0.5) is 0 Å². The Hall–Kier alpha value is -2.82. The number of ether oxygens (including phenoxy) is 1. The third kappa shape index (κ3) is 4.53. The van der Waals surface area contributed by atoms with Gasteiger partial charge >= 0.3 is 0 Å². The number of amides is 2. The predicted octanol–water partition coefficient (Wildman–Crippen LogP) is 3.80. The van der Waals surface area contributed by atoms with E-state index in [0.29, 0.717) is 12.2 Å². The zero-order valence-electron chi connectivity index (χ0n) is 16.8. The van der Waals surface area contributed by atoms with Crippen LogP contribution < -0.4 is 10.1 Å². The Morgan fingerprint density at radius 3 is 2.54 bits per heavy atom. The van der Waals surface area contributed by atoms with Crippen LogP contribution in [0.2, 0.25) is 0 Å². The lowest BCUT2D eigenvalue weighted by Gasteiger charge is -2.25. The van der Waals surface area contributed by atoms with Crippen LogP contribution in [0.25, 0.3) is 0 Å². The van der Waals surface area contributed by atoms with Crippen molar-refractivity contribution in [2.75, 3.05) is 19.7 Å². The number of benzene rings is 2. The number of nitrogens with one attached hydrogen (secondary N) is 1. The fraction of sp³-hybridized carbons (Fsp3) is 0.391. The second-order valence-corrected chi connectivity index (χ2v) is 7.23. The second-order valence-electron chi connectivity index (χ2n) is 7.23. The number of nitrogens with zero attached hydrogens (tertiary/aromatic N) is 1. The van der Waals surface area contributed by atoms with Crippen molar-refractivity contribution in [2.24, 2.45) is 0 Å². The second kappa shape index (κ2) is 8.91. The van der Waals surface area contributed by atoms with Crippen LogP contribution >= 0.6 is 0 Å². The molecule has 1 unspecified atom stereocenters. The molecule has 0 radical (unpaired) electrons. The molecular weight excluding hydrogens is 352 g/mol. The topological polar surface area (TPSA) is 58.6 Å². The van der Waals surface area contributed by atoms with Crippen molar-refractivity contribution in [3.8, 4) is 5.75 Å². The molecule has 2 aromatic carbocycles. The summed E-state index contributed by atoms with van der Waals surface area (Å²) >= 11 is 0. The molecule has 0 aromatic heterocycles. The van der Waals surface area contributed by atoms with Crippen LogP contribution in [-0.4, -0.2) is 36.4 Å². The minimum absolute atomic E-state index is 0.0132. The molecule has 148 valence electrons. The average molecular weight is 380 g/mol. The van der Waals surface area contributed by atoms with E-state index in [-0.39, 0.29) is 24.4 Å². The van der Waals surface area contributed by atoms with Crippen molar-refractivity contribution in [1.82, 2.24) is 10.2 Å². The largest absolute Gasteiger partial charge is 0.494 e. The third-order valence-corrected chi connectivity index (χ3v) is 5.32. The monoisotopic (exact) mass is 380 g/mol. The van der Waals surface area contributed by atoms with Crippen molar-refractivity contribution in [2.45, 2.75) is 39.7 Å². The molecule has 1 atom stereocenters. The summed E-state index contributed by atoms with van der Waals surface area (Å²) in [5, 5.41) is 2.77. The number of carbonyl (C=O) groups excluding carboxylic acids is 2. The highest BCUT2D eigenvalue weighted by molar-refractivity contribution is 5.96. The summed E-state index contributed by atoms with van der Waals surface area (Å²) in [6.45, 7) is 7.30. The van der Waals surface area contributed by atoms with Gasteiger partial charge in [0.15, 0.2) is 0 Å². The highest BCUT2D eigenvalue weighted by Crippen LogP contribution is 2.32. The van der Waals surface area contributed by atoms with Gasteiger partial charge in [0, 0.05) is 12.1 Å². The molecule has 0 bridgehead atoms. The summed E-state index contributed by atoms with van der Waals surface area (Å²) in [7, 11) is 0. The Labute approximate surface area is 166 Å². The van der Waals surface area contributed by atoms with E-state index in [1.165, 1.54) is 0 Å². The van der Waals surface area contributed by atoms with Gasteiger partial charge in [-0.1, -0.05) is 18.2 Å². The predicted molar refractivity (Wildman–Crippen MR) is 110 cm³/mol. The SMILES string of the molecule is CCOc1ccc(C2CCCN2C(=O)CNC(=O)c2ccc(C)c(C)c2)cc1. The highest BCUT2D eigenvalue weighted by Gasteiger charge is 2.29. The van der Waals surface area contributed by atoms with Gasteiger partial charge in [-0.25, -0.2) is 0 Å². The van der Waals surface area contributed by atoms with E-state index in [2.05, 4.69) is 5.32 Å². The molecule has 1 fully saturated rings. The van der Waals surface area contributed by atoms with Crippen molar-refractivity contribution in [1.29, 1.82) is 0 Å². The zero-order valence-corrected chi connectivity index (χ0v) is 16.8. The number of hydrogen-bond donors (Lipinski definition) is 1. The van der Waals surface area contributed by atoms with Gasteiger partial charge in [0.2, 0.25) is 5.91 Å². The lowest BCUT2D eigenvalue weighted by atomic mass is 10.0. The van der Waals surface area contributed by atoms with E-state index in [9.17, 15) is 9.59 Å². The number of carbonyl (C=O) groups is 2. The summed E-state index contributed by atoms with van der Waals surface area (Å²) in [4.78, 5) is 27.0. The molecule has 1 aliphatic rings. The minimum Gasteiger partial charge on any atom is -0.494 e. The lowest BCUT2D eigenvalue weighted by molar-refractivity contribution is -0.131. The van der Waals surface area contributed by atoms with Gasteiger partial charge in [-0.15, -0.1) is 0 Å². The Balaban J connectivity index is 1.61. The Kier molecular flexibility index (Phi) is 6.34. The number of hydrogen-bond acceptors (Lipinski definition) is 3. The average Bonchev–Trinajstić information content (AvgIpc) is 3.19. The van der Waals surface area contributed by atoms with Gasteiger partial charge in [0.05, 0.1) is 19.2 Å². The summed E-state index contributed by atoms with van der Waals surface area (Å²) in [5.41, 5.74) is 3.90. The maximum Gasteiger partial charge on any atom is 0.251 e. The van der Waals surface area contributed by atoms with E-state index in [1.807, 2.05) is 62.1 Å². The van der Waals surface area contributed by atoms with Crippen molar-refractivity contribution >= 4 is 11.8 Å². The first kappa shape index (κ1) is 19.9. The van der Waals surface area contributed by atoms with Crippen LogP contribution in [0, 0.1) is 13.8 Å². The number of likely N-dealkylation sites (tertiary alicyclic amines) is 1. The van der Waals surface area contributed by atoms with Gasteiger partial charge in [-0.05, 0) is 74.6 Å². The zero-order chi connectivity index (χ0) is 20.1. The molecule has 1 N–H and O–H groups in total. The molecule has 2 amide bonds. The fourth-order valence-corrected chi connectivity index (χ4v) is 3.61. The van der Waals surface area contributed by atoms with Gasteiger partial charge in [-0.2, -0.15) is 0 Å². The van der Waals surface area contributed by atoms with Gasteiger partial charge in [0.1, 0.15) is 5.75 Å². The Bertz CT molecular complexity index is 845. The lowest BCUT2D eigenvalue weighted by Crippen LogP contribution is -2.39. The quantitative estimate of drug-likeness (QED) is 0.829. The first-order valence-electron chi connectivity index (χ1n) is 9.87. The molecule has 28 heavy (non-hydrogen) atoms. The van der Waals surface area contributed by atoms with Crippen LogP contribution in [0.5, 0.6) is 5.75 Å². The van der Waals surface area contributed by atoms with E-state index in [1.54, 1.807) is 6.07 Å². The van der Waals surface area contributed by atoms with Crippen molar-refractivity contribution in [3.63, 3.8) is 0 Å². The summed E-state index contributed by atoms with van der Waals surface area (Å²) in [5.74, 6) is 0.574. The highest BCUT2D eigenvalue weighted by atomic mass is 16.5. The molecule has 0 spiro atoms. The number of rotatable bonds is 6. The van der Waals surface area contributed by atoms with Crippen LogP contribution in [-0.2, 0) is 4.79 Å². The molecule has 5 heteroatoms. The standard InChI is InChI=1S/C23H28N2O3/c1-4-28-20-11-9-18(10-12-20)21-6-5-13-25(21)22(26)15-24-23(27)19-8-7-16(2)17(3)14-19/h7-12,14,21H,4-6,13,15H2,1-3H3,(H,24,27). The summed E-state index contributed by atoms with van der Waals surface area (Å²) in [6, 6.07) is 13.6. The van der Waals surface area contributed by atoms with Crippen LogP contribution in [0.1, 0.15) is 52.9 Å². The molecule has 1 aliphatic heterocycles. The maximum atomic E-state index is 12.7. The van der Waals surface area contributed by atoms with E-state index in [4.69, 9.17) is 4.74 Å².